The molecule has 216 valence electrons. The minimum absolute atomic E-state index is 0.237. The zero-order chi connectivity index (χ0) is 30.1. The number of ether oxygens (including phenoxy) is 2. The van der Waals surface area contributed by atoms with Crippen LogP contribution < -0.4 is 4.90 Å². The van der Waals surface area contributed by atoms with Crippen LogP contribution in [0.1, 0.15) is 54.0 Å². The molecule has 0 aliphatic carbocycles. The number of amides is 1. The van der Waals surface area contributed by atoms with Crippen molar-refractivity contribution in [1.29, 1.82) is 5.26 Å². The van der Waals surface area contributed by atoms with E-state index >= 15 is 0 Å². The molecular formula is C25H38F3N2O6PS. The smallest absolute Gasteiger partial charge is 0.485 e. The maximum Gasteiger partial charge on any atom is 0.485 e. The fourth-order valence-electron chi connectivity index (χ4n) is 4.37. The molecule has 0 N–H and O–H groups in total. The maximum absolute atomic E-state index is 12.9. The quantitative estimate of drug-likeness (QED) is 0.105. The molecule has 8 nitrogen and oxygen atoms in total. The number of methoxy groups -OCH3 is 1. The van der Waals surface area contributed by atoms with Gasteiger partial charge < -0.3 is 14.0 Å². The predicted molar refractivity (Wildman–Crippen MR) is 143 cm³/mol. The van der Waals surface area contributed by atoms with Crippen LogP contribution in [0.4, 0.5) is 23.7 Å². The third-order valence-electron chi connectivity index (χ3n) is 6.10. The normalized spacial score (nSPS) is 12.9. The molecule has 38 heavy (non-hydrogen) atoms. The van der Waals surface area contributed by atoms with Gasteiger partial charge in [0.1, 0.15) is 17.8 Å². The monoisotopic (exact) mass is 582 g/mol. The Morgan fingerprint density at radius 2 is 1.61 bits per heavy atom. The van der Waals surface area contributed by atoms with Crippen molar-refractivity contribution in [1.82, 2.24) is 0 Å². The zero-order valence-electron chi connectivity index (χ0n) is 23.3. The molecule has 13 heteroatoms. The summed E-state index contributed by atoms with van der Waals surface area (Å²) in [7, 11) is -6.16. The molecule has 1 aromatic rings. The predicted octanol–water partition coefficient (Wildman–Crippen LogP) is 6.63. The Labute approximate surface area is 224 Å². The maximum atomic E-state index is 12.9. The van der Waals surface area contributed by atoms with Crippen molar-refractivity contribution in [3.05, 3.63) is 41.3 Å². The van der Waals surface area contributed by atoms with E-state index in [4.69, 9.17) is 22.4 Å². The van der Waals surface area contributed by atoms with E-state index in [-0.39, 0.29) is 12.5 Å². The molecule has 1 rings (SSSR count). The fourth-order valence-corrected chi connectivity index (χ4v) is 9.80. The van der Waals surface area contributed by atoms with E-state index < -0.39 is 29.0 Å². The first-order valence-corrected chi connectivity index (χ1v) is 15.5. The highest BCUT2D eigenvalue weighted by atomic mass is 32.2. The summed E-state index contributed by atoms with van der Waals surface area (Å²) in [5.74, 6) is 0.257. The third kappa shape index (κ3) is 9.14. The molecule has 0 atom stereocenters. The lowest BCUT2D eigenvalue weighted by Crippen LogP contribution is -2.34. The summed E-state index contributed by atoms with van der Waals surface area (Å²) in [6.07, 6.45) is 0.0803. The standard InChI is InChI=1S/C24H38N2O3P.CHF3O3S/c1-10-29-24(27)26(22-13-11-12-20(8)14-22)23(28-9)21(15-25)16-30(17(2)3,18(4)5)19(6)7;2-1(3,4)8(5,6)7/h11-14,17-19H,10,16H2,1-9H3;(H,5,6,7)/q+1;/p-1/b23-21-;. The number of allylic oxidation sites excluding steroid dienone is 1. The number of carbonyl (C=O) groups is 1. The second-order valence-corrected chi connectivity index (χ2v) is 16.1. The van der Waals surface area contributed by atoms with Gasteiger partial charge in [0.05, 0.1) is 36.4 Å². The van der Waals surface area contributed by atoms with Crippen LogP contribution in [-0.2, 0) is 19.6 Å². The summed E-state index contributed by atoms with van der Waals surface area (Å²) in [6.45, 7) is 17.5. The van der Waals surface area contributed by atoms with E-state index in [0.717, 1.165) is 5.56 Å². The Bertz CT molecular complexity index is 1090. The van der Waals surface area contributed by atoms with Gasteiger partial charge in [0, 0.05) is 7.26 Å². The van der Waals surface area contributed by atoms with Crippen molar-refractivity contribution in [3.8, 4) is 6.07 Å². The lowest BCUT2D eigenvalue weighted by molar-refractivity contribution is -0.0517. The van der Waals surface area contributed by atoms with Gasteiger partial charge in [0.2, 0.25) is 5.88 Å². The van der Waals surface area contributed by atoms with Gasteiger partial charge in [0.15, 0.2) is 10.1 Å². The van der Waals surface area contributed by atoms with Crippen molar-refractivity contribution >= 4 is 29.2 Å². The van der Waals surface area contributed by atoms with E-state index in [9.17, 15) is 23.2 Å². The number of aryl methyl sites for hydroxylation is 1. The number of carbonyl (C=O) groups excluding carboxylic acids is 1. The molecule has 0 aromatic heterocycles. The first-order valence-electron chi connectivity index (χ1n) is 11.9. The Kier molecular flexibility index (Phi) is 13.8. The minimum Gasteiger partial charge on any atom is -0.741 e. The molecule has 0 aliphatic heterocycles. The largest absolute Gasteiger partial charge is 0.741 e. The fraction of sp³-hybridized carbons (Fsp3) is 0.600. The second-order valence-electron chi connectivity index (χ2n) is 9.31. The first-order chi connectivity index (χ1) is 17.3. The van der Waals surface area contributed by atoms with Crippen LogP contribution in [0.15, 0.2) is 35.7 Å². The van der Waals surface area contributed by atoms with E-state index in [1.54, 1.807) is 6.92 Å². The van der Waals surface area contributed by atoms with Crippen LogP contribution in [0.2, 0.25) is 0 Å². The summed E-state index contributed by atoms with van der Waals surface area (Å²) in [6, 6.07) is 9.92. The molecule has 0 saturated carbocycles. The van der Waals surface area contributed by atoms with Crippen molar-refractivity contribution in [2.45, 2.75) is 77.9 Å². The molecule has 0 aliphatic rings. The molecule has 0 bridgehead atoms. The average molecular weight is 583 g/mol. The number of hydrogen-bond acceptors (Lipinski definition) is 7. The van der Waals surface area contributed by atoms with Crippen molar-refractivity contribution in [3.63, 3.8) is 0 Å². The molecule has 0 unspecified atom stereocenters. The second kappa shape index (κ2) is 14.7. The highest BCUT2D eigenvalue weighted by Crippen LogP contribution is 2.71. The van der Waals surface area contributed by atoms with Crippen molar-refractivity contribution in [2.24, 2.45) is 0 Å². The lowest BCUT2D eigenvalue weighted by atomic mass is 10.2. The molecule has 0 spiro atoms. The zero-order valence-corrected chi connectivity index (χ0v) is 25.0. The van der Waals surface area contributed by atoms with Crippen LogP contribution in [0.25, 0.3) is 0 Å². The van der Waals surface area contributed by atoms with Gasteiger partial charge in [-0.25, -0.2) is 18.1 Å². The topological polar surface area (TPSA) is 120 Å². The minimum atomic E-state index is -6.09. The summed E-state index contributed by atoms with van der Waals surface area (Å²) >= 11 is 0. The molecular weight excluding hydrogens is 544 g/mol. The third-order valence-corrected chi connectivity index (χ3v) is 13.3. The number of hydrogen-bond donors (Lipinski definition) is 0. The molecule has 0 saturated heterocycles. The first kappa shape index (κ1) is 35.6. The summed E-state index contributed by atoms with van der Waals surface area (Å²) < 4.78 is 69.9. The lowest BCUT2D eigenvalue weighted by Gasteiger charge is -2.38. The Morgan fingerprint density at radius 3 is 1.92 bits per heavy atom. The van der Waals surface area contributed by atoms with Crippen molar-refractivity contribution < 1.29 is 40.4 Å². The van der Waals surface area contributed by atoms with E-state index in [1.807, 2.05) is 31.2 Å². The number of anilines is 1. The van der Waals surface area contributed by atoms with Gasteiger partial charge in [-0.05, 0) is 73.1 Å². The number of nitrogens with zero attached hydrogens (tertiary/aromatic N) is 2. The molecule has 1 amide bonds. The van der Waals surface area contributed by atoms with Gasteiger partial charge in [-0.3, -0.25) is 0 Å². The Balaban J connectivity index is 0.00000147. The number of benzene rings is 1. The SMILES string of the molecule is CCOC(=O)N(/C(OC)=C(\C#N)C[P+](C(C)C)(C(C)C)C(C)C)c1cccc(C)c1.O=S(=O)([O-])C(F)(F)F. The summed E-state index contributed by atoms with van der Waals surface area (Å²) in [5.41, 5.74) is -2.16. The van der Waals surface area contributed by atoms with E-state index in [2.05, 4.69) is 47.6 Å². The van der Waals surface area contributed by atoms with Gasteiger partial charge in [-0.15, -0.1) is 0 Å². The van der Waals surface area contributed by atoms with Gasteiger partial charge in [-0.2, -0.15) is 18.4 Å². The van der Waals surface area contributed by atoms with Gasteiger partial charge in [0.25, 0.3) is 0 Å². The molecule has 0 radical (unpaired) electrons. The summed E-state index contributed by atoms with van der Waals surface area (Å²) in [5, 5.41) is 10.1. The number of halogens is 3. The number of alkyl halides is 3. The molecule has 0 fully saturated rings. The molecule has 0 heterocycles. The average Bonchev–Trinajstić information content (AvgIpc) is 2.77. The Hall–Kier alpha value is -2.35. The number of rotatable bonds is 9. The van der Waals surface area contributed by atoms with E-state index in [1.165, 1.54) is 12.0 Å². The highest BCUT2D eigenvalue weighted by molar-refractivity contribution is 7.86. The molecule has 1 aromatic carbocycles. The van der Waals surface area contributed by atoms with E-state index in [0.29, 0.717) is 34.4 Å². The highest BCUT2D eigenvalue weighted by Gasteiger charge is 2.49. The van der Waals surface area contributed by atoms with Crippen LogP contribution in [0.3, 0.4) is 0 Å². The summed E-state index contributed by atoms with van der Waals surface area (Å²) in [4.78, 5) is 14.3. The Morgan fingerprint density at radius 1 is 1.13 bits per heavy atom. The van der Waals surface area contributed by atoms with Crippen molar-refractivity contribution in [2.75, 3.05) is 24.8 Å². The van der Waals surface area contributed by atoms with Crippen LogP contribution in [0, 0.1) is 18.3 Å². The van der Waals surface area contributed by atoms with Gasteiger partial charge >= 0.3 is 11.6 Å². The van der Waals surface area contributed by atoms with Crippen LogP contribution in [-0.4, -0.2) is 61.4 Å². The van der Waals surface area contributed by atoms with Crippen LogP contribution >= 0.6 is 7.26 Å². The van der Waals surface area contributed by atoms with Crippen LogP contribution in [0.5, 0.6) is 0 Å². The number of nitriles is 1. The van der Waals surface area contributed by atoms with Gasteiger partial charge in [-0.1, -0.05) is 12.1 Å².